The summed E-state index contributed by atoms with van der Waals surface area (Å²) in [6.45, 7) is 9.39. The van der Waals surface area contributed by atoms with Crippen LogP contribution in [0.3, 0.4) is 0 Å². The third-order valence-electron chi connectivity index (χ3n) is 2.48. The first-order valence-corrected chi connectivity index (χ1v) is 6.42. The van der Waals surface area contributed by atoms with E-state index in [-0.39, 0.29) is 5.97 Å². The van der Waals surface area contributed by atoms with E-state index in [2.05, 4.69) is 15.9 Å². The number of hydrogen-bond donors (Lipinski definition) is 0. The number of esters is 1. The van der Waals surface area contributed by atoms with Gasteiger partial charge in [0.25, 0.3) is 0 Å². The summed E-state index contributed by atoms with van der Waals surface area (Å²) in [5.41, 5.74) is -0.132. The highest BCUT2D eigenvalue weighted by atomic mass is 79.9. The van der Waals surface area contributed by atoms with Crippen LogP contribution < -0.4 is 0 Å². The van der Waals surface area contributed by atoms with Crippen molar-refractivity contribution in [3.63, 3.8) is 0 Å². The molecule has 0 N–H and O–H groups in total. The average Bonchev–Trinajstić information content (AvgIpc) is 2.15. The van der Waals surface area contributed by atoms with Crippen molar-refractivity contribution in [3.05, 3.63) is 34.3 Å². The van der Waals surface area contributed by atoms with Gasteiger partial charge in [-0.25, -0.2) is 0 Å². The SMILES string of the molecule is CC(C)(C)OC(=O)C(C)(C)c1ccc(Br)cc1. The van der Waals surface area contributed by atoms with Crippen LogP contribution in [0.5, 0.6) is 0 Å². The predicted molar refractivity (Wildman–Crippen MR) is 73.0 cm³/mol. The van der Waals surface area contributed by atoms with Crippen LogP contribution in [0, 0.1) is 0 Å². The molecule has 0 amide bonds. The molecule has 0 heterocycles. The molecule has 0 spiro atoms. The minimum Gasteiger partial charge on any atom is -0.459 e. The standard InChI is InChI=1S/C14H19BrO2/c1-13(2,3)17-12(16)14(4,5)10-6-8-11(15)9-7-10/h6-9H,1-5H3. The summed E-state index contributed by atoms with van der Waals surface area (Å²) in [6, 6.07) is 7.74. The molecule has 0 aromatic heterocycles. The van der Waals surface area contributed by atoms with Crippen molar-refractivity contribution in [3.8, 4) is 0 Å². The Morgan fingerprint density at radius 2 is 1.53 bits per heavy atom. The molecule has 17 heavy (non-hydrogen) atoms. The van der Waals surface area contributed by atoms with Crippen molar-refractivity contribution in [2.45, 2.75) is 45.6 Å². The Balaban J connectivity index is 2.94. The van der Waals surface area contributed by atoms with E-state index in [1.165, 1.54) is 0 Å². The van der Waals surface area contributed by atoms with E-state index >= 15 is 0 Å². The van der Waals surface area contributed by atoms with Gasteiger partial charge < -0.3 is 4.74 Å². The second kappa shape index (κ2) is 4.81. The highest BCUT2D eigenvalue weighted by Gasteiger charge is 2.34. The van der Waals surface area contributed by atoms with Crippen molar-refractivity contribution in [1.82, 2.24) is 0 Å². The van der Waals surface area contributed by atoms with Crippen molar-refractivity contribution in [2.75, 3.05) is 0 Å². The molecule has 0 unspecified atom stereocenters. The molecule has 0 aliphatic rings. The zero-order chi connectivity index (χ0) is 13.3. The summed E-state index contributed by atoms with van der Waals surface area (Å²) in [4.78, 5) is 12.1. The van der Waals surface area contributed by atoms with Crippen LogP contribution in [-0.2, 0) is 14.9 Å². The Hall–Kier alpha value is -0.830. The van der Waals surface area contributed by atoms with Crippen LogP contribution in [0.2, 0.25) is 0 Å². The van der Waals surface area contributed by atoms with E-state index in [0.29, 0.717) is 0 Å². The minimum atomic E-state index is -0.631. The summed E-state index contributed by atoms with van der Waals surface area (Å²) >= 11 is 3.38. The first-order valence-electron chi connectivity index (χ1n) is 5.62. The third kappa shape index (κ3) is 3.84. The first kappa shape index (κ1) is 14.2. The highest BCUT2D eigenvalue weighted by molar-refractivity contribution is 9.10. The van der Waals surface area contributed by atoms with Gasteiger partial charge in [-0.05, 0) is 52.3 Å². The molecular formula is C14H19BrO2. The number of ether oxygens (including phenoxy) is 1. The molecule has 2 nitrogen and oxygen atoms in total. The molecule has 1 rings (SSSR count). The average molecular weight is 299 g/mol. The topological polar surface area (TPSA) is 26.3 Å². The van der Waals surface area contributed by atoms with Gasteiger partial charge in [0, 0.05) is 4.47 Å². The number of rotatable bonds is 2. The second-order valence-electron chi connectivity index (χ2n) is 5.63. The molecule has 3 heteroatoms. The van der Waals surface area contributed by atoms with Gasteiger partial charge in [0.1, 0.15) is 5.60 Å². The predicted octanol–water partition coefficient (Wildman–Crippen LogP) is 4.07. The van der Waals surface area contributed by atoms with Gasteiger partial charge in [-0.2, -0.15) is 0 Å². The molecular weight excluding hydrogens is 280 g/mol. The Morgan fingerprint density at radius 3 is 1.94 bits per heavy atom. The zero-order valence-electron chi connectivity index (χ0n) is 11.0. The van der Waals surface area contributed by atoms with E-state index in [4.69, 9.17) is 4.74 Å². The van der Waals surface area contributed by atoms with Crippen LogP contribution in [0.4, 0.5) is 0 Å². The van der Waals surface area contributed by atoms with Gasteiger partial charge in [0.15, 0.2) is 0 Å². The fraction of sp³-hybridized carbons (Fsp3) is 0.500. The zero-order valence-corrected chi connectivity index (χ0v) is 12.6. The molecule has 94 valence electrons. The monoisotopic (exact) mass is 298 g/mol. The van der Waals surface area contributed by atoms with E-state index in [1.807, 2.05) is 58.9 Å². The molecule has 0 aliphatic carbocycles. The summed E-state index contributed by atoms with van der Waals surface area (Å²) in [6.07, 6.45) is 0. The van der Waals surface area contributed by atoms with Gasteiger partial charge >= 0.3 is 5.97 Å². The van der Waals surface area contributed by atoms with Gasteiger partial charge in [-0.15, -0.1) is 0 Å². The van der Waals surface area contributed by atoms with Crippen molar-refractivity contribution >= 4 is 21.9 Å². The quantitative estimate of drug-likeness (QED) is 0.770. The Bertz CT molecular complexity index is 399. The van der Waals surface area contributed by atoms with Crippen LogP contribution in [0.25, 0.3) is 0 Å². The summed E-state index contributed by atoms with van der Waals surface area (Å²) in [5.74, 6) is -0.202. The van der Waals surface area contributed by atoms with Gasteiger partial charge in [-0.1, -0.05) is 28.1 Å². The number of hydrogen-bond acceptors (Lipinski definition) is 2. The van der Waals surface area contributed by atoms with Crippen molar-refractivity contribution < 1.29 is 9.53 Å². The normalized spacial score (nSPS) is 12.4. The molecule has 0 bridgehead atoms. The highest BCUT2D eigenvalue weighted by Crippen LogP contribution is 2.28. The van der Waals surface area contributed by atoms with E-state index in [0.717, 1.165) is 10.0 Å². The van der Waals surface area contributed by atoms with Gasteiger partial charge in [0.2, 0.25) is 0 Å². The molecule has 0 atom stereocenters. The number of benzene rings is 1. The Labute approximate surface area is 111 Å². The van der Waals surface area contributed by atoms with Gasteiger partial charge in [0.05, 0.1) is 5.41 Å². The summed E-state index contributed by atoms with van der Waals surface area (Å²) in [7, 11) is 0. The molecule has 0 saturated carbocycles. The minimum absolute atomic E-state index is 0.202. The van der Waals surface area contributed by atoms with E-state index < -0.39 is 11.0 Å². The summed E-state index contributed by atoms with van der Waals surface area (Å²) < 4.78 is 6.44. The molecule has 1 aromatic rings. The number of carbonyl (C=O) groups excluding carboxylic acids is 1. The fourth-order valence-electron chi connectivity index (χ4n) is 1.39. The van der Waals surface area contributed by atoms with Crippen molar-refractivity contribution in [1.29, 1.82) is 0 Å². The van der Waals surface area contributed by atoms with Crippen LogP contribution in [0.1, 0.15) is 40.2 Å². The Morgan fingerprint density at radius 1 is 1.06 bits per heavy atom. The van der Waals surface area contributed by atoms with Crippen LogP contribution >= 0.6 is 15.9 Å². The smallest absolute Gasteiger partial charge is 0.316 e. The fourth-order valence-corrected chi connectivity index (χ4v) is 1.65. The van der Waals surface area contributed by atoms with E-state index in [9.17, 15) is 4.79 Å². The number of carbonyl (C=O) groups is 1. The second-order valence-corrected chi connectivity index (χ2v) is 6.55. The number of halogens is 1. The maximum Gasteiger partial charge on any atom is 0.316 e. The lowest BCUT2D eigenvalue weighted by Gasteiger charge is -2.28. The lowest BCUT2D eigenvalue weighted by atomic mass is 9.84. The van der Waals surface area contributed by atoms with Crippen molar-refractivity contribution in [2.24, 2.45) is 0 Å². The lowest BCUT2D eigenvalue weighted by molar-refractivity contribution is -0.160. The maximum absolute atomic E-state index is 12.1. The largest absolute Gasteiger partial charge is 0.459 e. The molecule has 0 saturated heterocycles. The maximum atomic E-state index is 12.1. The molecule has 0 aliphatic heterocycles. The first-order chi connectivity index (χ1) is 7.63. The van der Waals surface area contributed by atoms with E-state index in [1.54, 1.807) is 0 Å². The summed E-state index contributed by atoms with van der Waals surface area (Å²) in [5, 5.41) is 0. The van der Waals surface area contributed by atoms with Crippen LogP contribution in [-0.4, -0.2) is 11.6 Å². The molecule has 0 fully saturated rings. The third-order valence-corrected chi connectivity index (χ3v) is 3.00. The van der Waals surface area contributed by atoms with Crippen LogP contribution in [0.15, 0.2) is 28.7 Å². The molecule has 1 aromatic carbocycles. The lowest BCUT2D eigenvalue weighted by Crippen LogP contribution is -2.36. The Kier molecular flexibility index (Phi) is 4.03. The van der Waals surface area contributed by atoms with Gasteiger partial charge in [-0.3, -0.25) is 4.79 Å². The molecule has 0 radical (unpaired) electrons.